The zero-order chi connectivity index (χ0) is 17.2. The molecular formula is C14H9Cl2F3N2O2. The standard InChI is InChI=1S/C14H9Cl2F3N2O2/c15-10-3-1-7(5-9(10)14(17,18)19)20-13(23)21-12-4-2-8(22)6-11(12)16/h1-6,22H,(H2,20,21,23). The number of alkyl halides is 3. The maximum atomic E-state index is 12.7. The van der Waals surface area contributed by atoms with Gasteiger partial charge in [-0.25, -0.2) is 4.79 Å². The molecule has 122 valence electrons. The Labute approximate surface area is 138 Å². The molecule has 0 fully saturated rings. The Hall–Kier alpha value is -2.12. The van der Waals surface area contributed by atoms with E-state index in [1.165, 1.54) is 24.3 Å². The molecule has 9 heteroatoms. The van der Waals surface area contributed by atoms with Gasteiger partial charge in [0.1, 0.15) is 5.75 Å². The van der Waals surface area contributed by atoms with Gasteiger partial charge in [0.2, 0.25) is 0 Å². The number of rotatable bonds is 2. The van der Waals surface area contributed by atoms with Crippen molar-refractivity contribution in [3.05, 3.63) is 52.0 Å². The van der Waals surface area contributed by atoms with E-state index in [-0.39, 0.29) is 22.1 Å². The molecule has 0 atom stereocenters. The molecule has 2 amide bonds. The molecule has 0 heterocycles. The highest BCUT2D eigenvalue weighted by Gasteiger charge is 2.33. The van der Waals surface area contributed by atoms with Gasteiger partial charge < -0.3 is 15.7 Å². The predicted molar refractivity (Wildman–Crippen MR) is 82.2 cm³/mol. The van der Waals surface area contributed by atoms with E-state index in [9.17, 15) is 23.1 Å². The van der Waals surface area contributed by atoms with E-state index >= 15 is 0 Å². The quantitative estimate of drug-likeness (QED) is 0.628. The number of hydrogen-bond donors (Lipinski definition) is 3. The monoisotopic (exact) mass is 364 g/mol. The lowest BCUT2D eigenvalue weighted by atomic mass is 10.2. The Balaban J connectivity index is 2.14. The minimum Gasteiger partial charge on any atom is -0.508 e. The van der Waals surface area contributed by atoms with Gasteiger partial charge in [-0.1, -0.05) is 23.2 Å². The second-order valence-electron chi connectivity index (χ2n) is 4.44. The van der Waals surface area contributed by atoms with Gasteiger partial charge in [-0.15, -0.1) is 0 Å². The molecule has 0 aliphatic rings. The topological polar surface area (TPSA) is 61.4 Å². The fourth-order valence-corrected chi connectivity index (χ4v) is 2.16. The van der Waals surface area contributed by atoms with Crippen LogP contribution in [0.1, 0.15) is 5.56 Å². The van der Waals surface area contributed by atoms with Crippen LogP contribution in [0.4, 0.5) is 29.3 Å². The smallest absolute Gasteiger partial charge is 0.417 e. The number of benzene rings is 2. The summed E-state index contributed by atoms with van der Waals surface area (Å²) in [6.45, 7) is 0. The summed E-state index contributed by atoms with van der Waals surface area (Å²) in [5, 5.41) is 13.4. The summed E-state index contributed by atoms with van der Waals surface area (Å²) in [7, 11) is 0. The SMILES string of the molecule is O=C(Nc1ccc(Cl)c(C(F)(F)F)c1)Nc1ccc(O)cc1Cl. The first kappa shape index (κ1) is 17.2. The van der Waals surface area contributed by atoms with E-state index in [0.29, 0.717) is 0 Å². The van der Waals surface area contributed by atoms with E-state index in [0.717, 1.165) is 12.1 Å². The summed E-state index contributed by atoms with van der Waals surface area (Å²) >= 11 is 11.3. The van der Waals surface area contributed by atoms with Gasteiger partial charge in [-0.2, -0.15) is 13.2 Å². The number of carbonyl (C=O) groups is 1. The highest BCUT2D eigenvalue weighted by atomic mass is 35.5. The first-order valence-electron chi connectivity index (χ1n) is 6.10. The molecule has 4 nitrogen and oxygen atoms in total. The highest BCUT2D eigenvalue weighted by molar-refractivity contribution is 6.34. The predicted octanol–water partition coefficient (Wildman–Crippen LogP) is 5.36. The third-order valence-corrected chi connectivity index (χ3v) is 3.37. The first-order valence-corrected chi connectivity index (χ1v) is 6.85. The minimum atomic E-state index is -4.63. The molecule has 2 aromatic carbocycles. The molecule has 0 unspecified atom stereocenters. The van der Waals surface area contributed by atoms with Crippen molar-refractivity contribution in [2.24, 2.45) is 0 Å². The lowest BCUT2D eigenvalue weighted by molar-refractivity contribution is -0.137. The molecule has 2 aromatic rings. The lowest BCUT2D eigenvalue weighted by Crippen LogP contribution is -2.20. The van der Waals surface area contributed by atoms with Crippen molar-refractivity contribution in [2.75, 3.05) is 10.6 Å². The van der Waals surface area contributed by atoms with Crippen LogP contribution in [0.2, 0.25) is 10.0 Å². The van der Waals surface area contributed by atoms with Gasteiger partial charge in [0.05, 0.1) is 21.3 Å². The van der Waals surface area contributed by atoms with Crippen molar-refractivity contribution in [1.29, 1.82) is 0 Å². The summed E-state index contributed by atoms with van der Waals surface area (Å²) in [5.41, 5.74) is -0.958. The van der Waals surface area contributed by atoms with Crippen molar-refractivity contribution in [1.82, 2.24) is 0 Å². The number of carbonyl (C=O) groups excluding carboxylic acids is 1. The number of anilines is 2. The fraction of sp³-hybridized carbons (Fsp3) is 0.0714. The van der Waals surface area contributed by atoms with Gasteiger partial charge in [-0.05, 0) is 30.3 Å². The van der Waals surface area contributed by atoms with Gasteiger partial charge in [0.25, 0.3) is 0 Å². The molecule has 3 N–H and O–H groups in total. The van der Waals surface area contributed by atoms with E-state index < -0.39 is 22.8 Å². The lowest BCUT2D eigenvalue weighted by Gasteiger charge is -2.13. The Bertz CT molecular complexity index is 751. The summed E-state index contributed by atoms with van der Waals surface area (Å²) in [6, 6.07) is 6.05. The van der Waals surface area contributed by atoms with Crippen molar-refractivity contribution >= 4 is 40.6 Å². The normalized spacial score (nSPS) is 11.2. The second-order valence-corrected chi connectivity index (χ2v) is 5.25. The van der Waals surface area contributed by atoms with Gasteiger partial charge in [0, 0.05) is 11.8 Å². The highest BCUT2D eigenvalue weighted by Crippen LogP contribution is 2.36. The Morgan fingerprint density at radius 3 is 2.30 bits per heavy atom. The number of amides is 2. The van der Waals surface area contributed by atoms with Crippen LogP contribution in [0, 0.1) is 0 Å². The largest absolute Gasteiger partial charge is 0.508 e. The molecule has 2 rings (SSSR count). The molecule has 23 heavy (non-hydrogen) atoms. The maximum absolute atomic E-state index is 12.7. The molecule has 0 bridgehead atoms. The van der Waals surface area contributed by atoms with E-state index in [1.807, 2.05) is 0 Å². The Kier molecular flexibility index (Phi) is 4.91. The summed E-state index contributed by atoms with van der Waals surface area (Å²) in [6.07, 6.45) is -4.63. The number of urea groups is 1. The number of phenols is 1. The number of nitrogens with one attached hydrogen (secondary N) is 2. The molecule has 0 aromatic heterocycles. The number of aromatic hydroxyl groups is 1. The number of hydrogen-bond acceptors (Lipinski definition) is 2. The molecule has 0 aliphatic heterocycles. The van der Waals surface area contributed by atoms with E-state index in [4.69, 9.17) is 23.2 Å². The van der Waals surface area contributed by atoms with Crippen molar-refractivity contribution in [3.63, 3.8) is 0 Å². The third-order valence-electron chi connectivity index (χ3n) is 2.73. The molecule has 0 aliphatic carbocycles. The molecule has 0 spiro atoms. The van der Waals surface area contributed by atoms with Crippen LogP contribution in [0.15, 0.2) is 36.4 Å². The summed E-state index contributed by atoms with van der Waals surface area (Å²) in [4.78, 5) is 11.8. The molecule has 0 radical (unpaired) electrons. The Morgan fingerprint density at radius 2 is 1.70 bits per heavy atom. The van der Waals surface area contributed by atoms with Crippen LogP contribution in [0.5, 0.6) is 5.75 Å². The average molecular weight is 365 g/mol. The van der Waals surface area contributed by atoms with Crippen LogP contribution in [-0.4, -0.2) is 11.1 Å². The summed E-state index contributed by atoms with van der Waals surface area (Å²) in [5.74, 6) is -0.0894. The van der Waals surface area contributed by atoms with Gasteiger partial charge in [0.15, 0.2) is 0 Å². The van der Waals surface area contributed by atoms with Crippen LogP contribution in [0.3, 0.4) is 0 Å². The summed E-state index contributed by atoms with van der Waals surface area (Å²) < 4.78 is 38.2. The van der Waals surface area contributed by atoms with Crippen LogP contribution >= 0.6 is 23.2 Å². The zero-order valence-electron chi connectivity index (χ0n) is 11.2. The second kappa shape index (κ2) is 6.55. The fourth-order valence-electron chi connectivity index (χ4n) is 1.71. The van der Waals surface area contributed by atoms with E-state index in [1.54, 1.807) is 0 Å². The van der Waals surface area contributed by atoms with Crippen LogP contribution < -0.4 is 10.6 Å². The van der Waals surface area contributed by atoms with Gasteiger partial charge >= 0.3 is 12.2 Å². The van der Waals surface area contributed by atoms with Gasteiger partial charge in [-0.3, -0.25) is 0 Å². The number of phenolic OH excluding ortho intramolecular Hbond substituents is 1. The van der Waals surface area contributed by atoms with Crippen molar-refractivity contribution in [3.8, 4) is 5.75 Å². The maximum Gasteiger partial charge on any atom is 0.417 e. The first-order chi connectivity index (χ1) is 10.7. The third kappa shape index (κ3) is 4.43. The van der Waals surface area contributed by atoms with Crippen LogP contribution in [-0.2, 0) is 6.18 Å². The van der Waals surface area contributed by atoms with Crippen molar-refractivity contribution in [2.45, 2.75) is 6.18 Å². The van der Waals surface area contributed by atoms with Crippen molar-refractivity contribution < 1.29 is 23.1 Å². The Morgan fingerprint density at radius 1 is 1.00 bits per heavy atom. The average Bonchev–Trinajstić information content (AvgIpc) is 2.43. The molecule has 0 saturated heterocycles. The van der Waals surface area contributed by atoms with E-state index in [2.05, 4.69) is 10.6 Å². The zero-order valence-corrected chi connectivity index (χ0v) is 12.7. The minimum absolute atomic E-state index is 0.0761. The van der Waals surface area contributed by atoms with Crippen LogP contribution in [0.25, 0.3) is 0 Å². The molecule has 0 saturated carbocycles. The number of halogens is 5. The molecular weight excluding hydrogens is 356 g/mol.